The molecule has 0 saturated carbocycles. The third kappa shape index (κ3) is 4.13. The Kier molecular flexibility index (Phi) is 6.16. The van der Waals surface area contributed by atoms with Crippen LogP contribution in [0.2, 0.25) is 5.02 Å². The molecule has 0 bridgehead atoms. The number of nitrogens with zero attached hydrogens (tertiary/aromatic N) is 1. The summed E-state index contributed by atoms with van der Waals surface area (Å²) in [6.45, 7) is 6.94. The molecule has 0 saturated heterocycles. The molecular weight excluding hydrogens is 260 g/mol. The average Bonchev–Trinajstić information content (AvgIpc) is 2.37. The predicted octanol–water partition coefficient (Wildman–Crippen LogP) is 3.96. The van der Waals surface area contributed by atoms with E-state index in [9.17, 15) is 4.79 Å². The highest BCUT2D eigenvalue weighted by Crippen LogP contribution is 2.25. The summed E-state index contributed by atoms with van der Waals surface area (Å²) >= 11 is 6.13. The molecular formula is C15H23ClN2O. The molecule has 2 N–H and O–H groups in total. The summed E-state index contributed by atoms with van der Waals surface area (Å²) in [7, 11) is 0. The van der Waals surface area contributed by atoms with E-state index in [4.69, 9.17) is 17.3 Å². The summed E-state index contributed by atoms with van der Waals surface area (Å²) < 4.78 is 0. The summed E-state index contributed by atoms with van der Waals surface area (Å²) in [5.41, 5.74) is 6.69. The van der Waals surface area contributed by atoms with Gasteiger partial charge in [0.25, 0.3) is 5.91 Å². The fraction of sp³-hybridized carbons (Fsp3) is 0.533. The molecule has 0 fully saturated rings. The van der Waals surface area contributed by atoms with Gasteiger partial charge < -0.3 is 10.6 Å². The van der Waals surface area contributed by atoms with E-state index in [0.29, 0.717) is 16.3 Å². The molecule has 0 heterocycles. The summed E-state index contributed by atoms with van der Waals surface area (Å²) in [6.07, 6.45) is 3.28. The topological polar surface area (TPSA) is 46.3 Å². The molecule has 3 nitrogen and oxygen atoms in total. The van der Waals surface area contributed by atoms with Gasteiger partial charge in [-0.15, -0.1) is 0 Å². The molecule has 1 rings (SSSR count). The van der Waals surface area contributed by atoms with Crippen molar-refractivity contribution in [2.75, 3.05) is 12.3 Å². The van der Waals surface area contributed by atoms with Crippen LogP contribution in [-0.4, -0.2) is 23.4 Å². The van der Waals surface area contributed by atoms with Gasteiger partial charge in [-0.3, -0.25) is 4.79 Å². The zero-order valence-corrected chi connectivity index (χ0v) is 12.7. The van der Waals surface area contributed by atoms with Gasteiger partial charge in [-0.05, 0) is 32.4 Å². The van der Waals surface area contributed by atoms with Crippen LogP contribution in [0.3, 0.4) is 0 Å². The summed E-state index contributed by atoms with van der Waals surface area (Å²) in [4.78, 5) is 14.4. The van der Waals surface area contributed by atoms with Crippen molar-refractivity contribution in [3.05, 3.63) is 28.8 Å². The number of hydrogen-bond donors (Lipinski definition) is 1. The van der Waals surface area contributed by atoms with Gasteiger partial charge in [0.15, 0.2) is 0 Å². The van der Waals surface area contributed by atoms with Gasteiger partial charge in [-0.1, -0.05) is 37.4 Å². The van der Waals surface area contributed by atoms with Crippen molar-refractivity contribution in [1.29, 1.82) is 0 Å². The smallest absolute Gasteiger partial charge is 0.255 e. The first-order valence-corrected chi connectivity index (χ1v) is 7.21. The first-order valence-electron chi connectivity index (χ1n) is 6.84. The molecule has 106 valence electrons. The third-order valence-electron chi connectivity index (χ3n) is 3.15. The van der Waals surface area contributed by atoms with Crippen molar-refractivity contribution in [1.82, 2.24) is 4.90 Å². The van der Waals surface area contributed by atoms with E-state index in [1.165, 1.54) is 0 Å². The molecule has 0 aromatic heterocycles. The highest BCUT2D eigenvalue weighted by atomic mass is 35.5. The Morgan fingerprint density at radius 3 is 2.63 bits per heavy atom. The lowest BCUT2D eigenvalue weighted by Crippen LogP contribution is -2.37. The number of amides is 1. The standard InChI is InChI=1S/C15H23ClN2O/c1-4-5-6-10-18(11(2)3)15(19)12-8-7-9-13(17)14(12)16/h7-9,11H,4-6,10,17H2,1-3H3. The summed E-state index contributed by atoms with van der Waals surface area (Å²) in [6, 6.07) is 5.35. The first kappa shape index (κ1) is 15.8. The molecule has 0 atom stereocenters. The molecule has 1 amide bonds. The number of nitrogens with two attached hydrogens (primary N) is 1. The van der Waals surface area contributed by atoms with Crippen molar-refractivity contribution >= 4 is 23.2 Å². The number of rotatable bonds is 6. The minimum Gasteiger partial charge on any atom is -0.398 e. The maximum Gasteiger partial charge on any atom is 0.255 e. The van der Waals surface area contributed by atoms with Crippen LogP contribution in [0.4, 0.5) is 5.69 Å². The van der Waals surface area contributed by atoms with Crippen molar-refractivity contribution in [2.24, 2.45) is 0 Å². The molecule has 0 aliphatic heterocycles. The van der Waals surface area contributed by atoms with E-state index < -0.39 is 0 Å². The Balaban J connectivity index is 2.90. The monoisotopic (exact) mass is 282 g/mol. The number of anilines is 1. The number of carbonyl (C=O) groups excluding carboxylic acids is 1. The van der Waals surface area contributed by atoms with E-state index >= 15 is 0 Å². The number of nitrogen functional groups attached to an aromatic ring is 1. The second kappa shape index (κ2) is 7.39. The first-order chi connectivity index (χ1) is 8.99. The number of benzene rings is 1. The van der Waals surface area contributed by atoms with Crippen molar-refractivity contribution in [3.63, 3.8) is 0 Å². The van der Waals surface area contributed by atoms with E-state index in [1.807, 2.05) is 18.7 Å². The second-order valence-electron chi connectivity index (χ2n) is 5.01. The molecule has 0 spiro atoms. The van der Waals surface area contributed by atoms with E-state index in [0.717, 1.165) is 25.8 Å². The lowest BCUT2D eigenvalue weighted by Gasteiger charge is -2.27. The van der Waals surface area contributed by atoms with Gasteiger partial charge in [0.1, 0.15) is 0 Å². The van der Waals surface area contributed by atoms with Gasteiger partial charge in [0, 0.05) is 12.6 Å². The predicted molar refractivity (Wildman–Crippen MR) is 81.6 cm³/mol. The molecule has 0 aliphatic carbocycles. The Morgan fingerprint density at radius 1 is 1.37 bits per heavy atom. The quantitative estimate of drug-likeness (QED) is 0.634. The van der Waals surface area contributed by atoms with Gasteiger partial charge >= 0.3 is 0 Å². The van der Waals surface area contributed by atoms with Crippen LogP contribution in [0.5, 0.6) is 0 Å². The van der Waals surface area contributed by atoms with Crippen LogP contribution in [0.1, 0.15) is 50.4 Å². The Bertz CT molecular complexity index is 432. The Morgan fingerprint density at radius 2 is 2.05 bits per heavy atom. The number of halogens is 1. The number of carbonyl (C=O) groups is 1. The maximum atomic E-state index is 12.5. The highest BCUT2D eigenvalue weighted by Gasteiger charge is 2.21. The van der Waals surface area contributed by atoms with Crippen LogP contribution in [0.15, 0.2) is 18.2 Å². The fourth-order valence-corrected chi connectivity index (χ4v) is 2.20. The van der Waals surface area contributed by atoms with Crippen molar-refractivity contribution < 1.29 is 4.79 Å². The molecule has 1 aromatic rings. The fourth-order valence-electron chi connectivity index (χ4n) is 2.00. The van der Waals surface area contributed by atoms with E-state index in [1.54, 1.807) is 18.2 Å². The van der Waals surface area contributed by atoms with Crippen molar-refractivity contribution in [3.8, 4) is 0 Å². The Hall–Kier alpha value is -1.22. The second-order valence-corrected chi connectivity index (χ2v) is 5.39. The molecule has 1 aromatic carbocycles. The van der Waals surface area contributed by atoms with Crippen LogP contribution in [0, 0.1) is 0 Å². The zero-order valence-electron chi connectivity index (χ0n) is 11.9. The lowest BCUT2D eigenvalue weighted by molar-refractivity contribution is 0.0702. The summed E-state index contributed by atoms with van der Waals surface area (Å²) in [5.74, 6) is -0.0385. The average molecular weight is 283 g/mol. The van der Waals surface area contributed by atoms with E-state index in [2.05, 4.69) is 6.92 Å². The normalized spacial score (nSPS) is 10.8. The minimum atomic E-state index is -0.0385. The van der Waals surface area contributed by atoms with Crippen LogP contribution in [0.25, 0.3) is 0 Å². The summed E-state index contributed by atoms with van der Waals surface area (Å²) in [5, 5.41) is 0.355. The van der Waals surface area contributed by atoms with Gasteiger partial charge in [0.2, 0.25) is 0 Å². The zero-order chi connectivity index (χ0) is 14.4. The minimum absolute atomic E-state index is 0.0385. The van der Waals surface area contributed by atoms with Crippen LogP contribution >= 0.6 is 11.6 Å². The van der Waals surface area contributed by atoms with Gasteiger partial charge in [0.05, 0.1) is 16.3 Å². The Labute approximate surface area is 120 Å². The SMILES string of the molecule is CCCCCN(C(=O)c1cccc(N)c1Cl)C(C)C. The molecule has 0 aliphatic rings. The number of unbranched alkanes of at least 4 members (excludes halogenated alkanes) is 2. The van der Waals surface area contributed by atoms with Gasteiger partial charge in [-0.25, -0.2) is 0 Å². The third-order valence-corrected chi connectivity index (χ3v) is 3.57. The molecule has 4 heteroatoms. The molecule has 19 heavy (non-hydrogen) atoms. The lowest BCUT2D eigenvalue weighted by atomic mass is 10.1. The van der Waals surface area contributed by atoms with Crippen LogP contribution < -0.4 is 5.73 Å². The largest absolute Gasteiger partial charge is 0.398 e. The van der Waals surface area contributed by atoms with Gasteiger partial charge in [-0.2, -0.15) is 0 Å². The number of hydrogen-bond acceptors (Lipinski definition) is 2. The van der Waals surface area contributed by atoms with Crippen LogP contribution in [-0.2, 0) is 0 Å². The molecule has 0 radical (unpaired) electrons. The van der Waals surface area contributed by atoms with Crippen molar-refractivity contribution in [2.45, 2.75) is 46.1 Å². The molecule has 0 unspecified atom stereocenters. The van der Waals surface area contributed by atoms with E-state index in [-0.39, 0.29) is 11.9 Å². The highest BCUT2D eigenvalue weighted by molar-refractivity contribution is 6.36. The maximum absolute atomic E-state index is 12.5.